The monoisotopic (exact) mass is 296 g/mol. The molecule has 116 valence electrons. The van der Waals surface area contributed by atoms with E-state index in [1.165, 1.54) is 27.5 Å². The van der Waals surface area contributed by atoms with E-state index in [1.54, 1.807) is 0 Å². The Morgan fingerprint density at radius 2 is 1.45 bits per heavy atom. The van der Waals surface area contributed by atoms with Gasteiger partial charge in [0.1, 0.15) is 11.5 Å². The molecule has 2 nitrogen and oxygen atoms in total. The Morgan fingerprint density at radius 1 is 0.864 bits per heavy atom. The summed E-state index contributed by atoms with van der Waals surface area (Å²) in [7, 11) is 0. The summed E-state index contributed by atoms with van der Waals surface area (Å²) in [6, 6.07) is 8.44. The zero-order valence-corrected chi connectivity index (χ0v) is 13.7. The molecule has 1 aliphatic rings. The molecule has 0 saturated carbocycles. The average Bonchev–Trinajstić information content (AvgIpc) is 2.57. The third-order valence-electron chi connectivity index (χ3n) is 4.36. The molecule has 0 fully saturated rings. The van der Waals surface area contributed by atoms with Crippen molar-refractivity contribution in [3.8, 4) is 11.5 Å². The van der Waals surface area contributed by atoms with Gasteiger partial charge in [0.05, 0.1) is 13.2 Å². The molecule has 2 aromatic carbocycles. The fraction of sp³-hybridized carbons (Fsp3) is 0.400. The lowest BCUT2D eigenvalue weighted by Gasteiger charge is -2.25. The number of benzene rings is 2. The molecule has 0 radical (unpaired) electrons. The van der Waals surface area contributed by atoms with E-state index >= 15 is 0 Å². The van der Waals surface area contributed by atoms with Crippen LogP contribution in [0.25, 0.3) is 10.8 Å². The maximum atomic E-state index is 6.06. The zero-order chi connectivity index (χ0) is 15.5. The van der Waals surface area contributed by atoms with Crippen molar-refractivity contribution >= 4 is 10.8 Å². The molecule has 1 aliphatic carbocycles. The van der Waals surface area contributed by atoms with E-state index in [0.717, 1.165) is 30.8 Å². The second kappa shape index (κ2) is 6.43. The minimum absolute atomic E-state index is 0.689. The Bertz CT molecular complexity index is 713. The average molecular weight is 296 g/mol. The van der Waals surface area contributed by atoms with Gasteiger partial charge in [0.15, 0.2) is 0 Å². The van der Waals surface area contributed by atoms with Crippen LogP contribution in [0.1, 0.15) is 38.3 Å². The van der Waals surface area contributed by atoms with Crippen molar-refractivity contribution in [1.82, 2.24) is 0 Å². The molecule has 0 aromatic heterocycles. The summed E-state index contributed by atoms with van der Waals surface area (Å²) in [5.41, 5.74) is 4.12. The van der Waals surface area contributed by atoms with Crippen molar-refractivity contribution in [2.24, 2.45) is 0 Å². The van der Waals surface area contributed by atoms with Gasteiger partial charge in [-0.25, -0.2) is 0 Å². The molecule has 22 heavy (non-hydrogen) atoms. The first-order valence-corrected chi connectivity index (χ1v) is 8.30. The third-order valence-corrected chi connectivity index (χ3v) is 4.36. The Hall–Kier alpha value is -1.96. The summed E-state index contributed by atoms with van der Waals surface area (Å²) >= 11 is 0. The first-order valence-electron chi connectivity index (χ1n) is 8.30. The second-order valence-corrected chi connectivity index (χ2v) is 5.62. The van der Waals surface area contributed by atoms with Gasteiger partial charge in [0, 0.05) is 21.9 Å². The van der Waals surface area contributed by atoms with Gasteiger partial charge in [-0.1, -0.05) is 42.8 Å². The summed E-state index contributed by atoms with van der Waals surface area (Å²) in [4.78, 5) is 0. The number of hydrogen-bond acceptors (Lipinski definition) is 2. The highest BCUT2D eigenvalue weighted by Crippen LogP contribution is 2.44. The maximum Gasteiger partial charge on any atom is 0.131 e. The highest BCUT2D eigenvalue weighted by Gasteiger charge is 2.23. The first-order chi connectivity index (χ1) is 10.8. The highest BCUT2D eigenvalue weighted by molar-refractivity contribution is 5.96. The predicted molar refractivity (Wildman–Crippen MR) is 92.1 cm³/mol. The smallest absolute Gasteiger partial charge is 0.131 e. The molecule has 0 spiro atoms. The third kappa shape index (κ3) is 2.47. The lowest BCUT2D eigenvalue weighted by atomic mass is 9.86. The standard InChI is InChI=1S/C20H24O2/c1-4-14-11-12-17-18(13-14)20(22-6-3)16-10-8-7-9-15(16)19(17)21-5-2/h7-11H,4-6,12-13H2,1-3H3. The van der Waals surface area contributed by atoms with E-state index in [0.29, 0.717) is 13.2 Å². The Kier molecular flexibility index (Phi) is 4.37. The molecule has 0 bridgehead atoms. The molecule has 2 heteroatoms. The molecule has 2 aromatic rings. The van der Waals surface area contributed by atoms with Gasteiger partial charge in [-0.05, 0) is 33.1 Å². The van der Waals surface area contributed by atoms with Crippen LogP contribution in [-0.4, -0.2) is 13.2 Å². The fourth-order valence-electron chi connectivity index (χ4n) is 3.31. The summed E-state index contributed by atoms with van der Waals surface area (Å²) in [5.74, 6) is 2.10. The van der Waals surface area contributed by atoms with Gasteiger partial charge < -0.3 is 9.47 Å². The normalized spacial score (nSPS) is 13.7. The largest absolute Gasteiger partial charge is 0.493 e. The molecule has 0 atom stereocenters. The van der Waals surface area contributed by atoms with Gasteiger partial charge in [0.2, 0.25) is 0 Å². The van der Waals surface area contributed by atoms with Gasteiger partial charge in [-0.15, -0.1) is 0 Å². The minimum atomic E-state index is 0.689. The molecule has 0 saturated heterocycles. The van der Waals surface area contributed by atoms with E-state index in [9.17, 15) is 0 Å². The topological polar surface area (TPSA) is 18.5 Å². The molecular weight excluding hydrogens is 272 g/mol. The SMILES string of the molecule is CCOc1c2c(c(OCC)c3ccccc13)CC(CC)=CC2. The first kappa shape index (κ1) is 15.0. The van der Waals surface area contributed by atoms with Crippen LogP contribution < -0.4 is 9.47 Å². The van der Waals surface area contributed by atoms with Crippen molar-refractivity contribution in [3.05, 3.63) is 47.0 Å². The van der Waals surface area contributed by atoms with Crippen LogP contribution in [0.2, 0.25) is 0 Å². The van der Waals surface area contributed by atoms with Crippen molar-refractivity contribution < 1.29 is 9.47 Å². The van der Waals surface area contributed by atoms with Gasteiger partial charge in [-0.2, -0.15) is 0 Å². The van der Waals surface area contributed by atoms with E-state index in [1.807, 2.05) is 6.92 Å². The number of allylic oxidation sites excluding steroid dienone is 2. The molecule has 0 N–H and O–H groups in total. The van der Waals surface area contributed by atoms with E-state index in [2.05, 4.69) is 44.2 Å². The lowest BCUT2D eigenvalue weighted by molar-refractivity contribution is 0.331. The van der Waals surface area contributed by atoms with Gasteiger partial charge >= 0.3 is 0 Å². The molecule has 0 heterocycles. The molecular formula is C20H24O2. The second-order valence-electron chi connectivity index (χ2n) is 5.62. The zero-order valence-electron chi connectivity index (χ0n) is 13.7. The van der Waals surface area contributed by atoms with Crippen LogP contribution >= 0.6 is 0 Å². The van der Waals surface area contributed by atoms with E-state index < -0.39 is 0 Å². The molecule has 0 amide bonds. The fourth-order valence-corrected chi connectivity index (χ4v) is 3.31. The van der Waals surface area contributed by atoms with Crippen molar-refractivity contribution in [3.63, 3.8) is 0 Å². The number of fused-ring (bicyclic) bond motifs is 2. The summed E-state index contributed by atoms with van der Waals surface area (Å²) in [5, 5.41) is 2.34. The van der Waals surface area contributed by atoms with Crippen LogP contribution in [0.15, 0.2) is 35.9 Å². The van der Waals surface area contributed by atoms with Crippen LogP contribution in [0.4, 0.5) is 0 Å². The van der Waals surface area contributed by atoms with Crippen LogP contribution in [0.5, 0.6) is 11.5 Å². The van der Waals surface area contributed by atoms with Gasteiger partial charge in [0.25, 0.3) is 0 Å². The molecule has 0 unspecified atom stereocenters. The Balaban J connectivity index is 2.29. The molecule has 0 aliphatic heterocycles. The Morgan fingerprint density at radius 3 is 2.00 bits per heavy atom. The van der Waals surface area contributed by atoms with E-state index in [-0.39, 0.29) is 0 Å². The van der Waals surface area contributed by atoms with Crippen molar-refractivity contribution in [2.45, 2.75) is 40.0 Å². The Labute approximate surface area is 132 Å². The summed E-state index contributed by atoms with van der Waals surface area (Å²) < 4.78 is 12.1. The minimum Gasteiger partial charge on any atom is -0.493 e. The van der Waals surface area contributed by atoms with Crippen molar-refractivity contribution in [1.29, 1.82) is 0 Å². The number of rotatable bonds is 5. The number of ether oxygens (including phenoxy) is 2. The number of hydrogen-bond donors (Lipinski definition) is 0. The lowest BCUT2D eigenvalue weighted by Crippen LogP contribution is -2.10. The van der Waals surface area contributed by atoms with E-state index in [4.69, 9.17) is 9.47 Å². The van der Waals surface area contributed by atoms with Crippen LogP contribution in [0.3, 0.4) is 0 Å². The summed E-state index contributed by atoms with van der Waals surface area (Å²) in [6.45, 7) is 7.71. The highest BCUT2D eigenvalue weighted by atomic mass is 16.5. The van der Waals surface area contributed by atoms with Gasteiger partial charge in [-0.3, -0.25) is 0 Å². The molecule has 3 rings (SSSR count). The quantitative estimate of drug-likeness (QED) is 0.717. The predicted octanol–water partition coefficient (Wildman–Crippen LogP) is 5.07. The van der Waals surface area contributed by atoms with Crippen LogP contribution in [0, 0.1) is 0 Å². The van der Waals surface area contributed by atoms with Crippen molar-refractivity contribution in [2.75, 3.05) is 13.2 Å². The maximum absolute atomic E-state index is 6.06. The summed E-state index contributed by atoms with van der Waals surface area (Å²) in [6.07, 6.45) is 5.38. The van der Waals surface area contributed by atoms with Crippen LogP contribution in [-0.2, 0) is 12.8 Å².